The van der Waals surface area contributed by atoms with Gasteiger partial charge in [-0.15, -0.1) is 0 Å². The summed E-state index contributed by atoms with van der Waals surface area (Å²) < 4.78 is 33.7. The summed E-state index contributed by atoms with van der Waals surface area (Å²) in [7, 11) is 1.58. The van der Waals surface area contributed by atoms with Crippen molar-refractivity contribution in [3.8, 4) is 0 Å². The fraction of sp³-hybridized carbons (Fsp3) is 0.625. The van der Waals surface area contributed by atoms with Gasteiger partial charge < -0.3 is 15.0 Å². The maximum Gasteiger partial charge on any atom is 0.149 e. The fourth-order valence-corrected chi connectivity index (χ4v) is 2.36. The van der Waals surface area contributed by atoms with Crippen LogP contribution in [0.2, 0.25) is 0 Å². The van der Waals surface area contributed by atoms with Crippen molar-refractivity contribution in [3.63, 3.8) is 0 Å². The SMILES string of the molecule is COCCN(c1c(F)cc(CNC2CC2)cc1F)C(C)C. The van der Waals surface area contributed by atoms with Crippen molar-refractivity contribution in [1.29, 1.82) is 0 Å². The lowest BCUT2D eigenvalue weighted by Gasteiger charge is -2.29. The third kappa shape index (κ3) is 4.38. The van der Waals surface area contributed by atoms with Crippen LogP contribution in [-0.2, 0) is 11.3 Å². The van der Waals surface area contributed by atoms with Gasteiger partial charge in [0.2, 0.25) is 0 Å². The Morgan fingerprint density at radius 1 is 1.29 bits per heavy atom. The van der Waals surface area contributed by atoms with Gasteiger partial charge in [-0.05, 0) is 44.4 Å². The molecule has 1 aliphatic carbocycles. The predicted molar refractivity (Wildman–Crippen MR) is 80.6 cm³/mol. The molecule has 1 aromatic rings. The largest absolute Gasteiger partial charge is 0.383 e. The first-order valence-electron chi connectivity index (χ1n) is 7.49. The van der Waals surface area contributed by atoms with Crippen LogP contribution < -0.4 is 10.2 Å². The van der Waals surface area contributed by atoms with E-state index in [2.05, 4.69) is 5.32 Å². The zero-order valence-electron chi connectivity index (χ0n) is 13.0. The summed E-state index contributed by atoms with van der Waals surface area (Å²) in [5, 5.41) is 3.27. The summed E-state index contributed by atoms with van der Waals surface area (Å²) in [6.45, 7) is 5.23. The molecule has 0 bridgehead atoms. The third-order valence-corrected chi connectivity index (χ3v) is 3.70. The minimum absolute atomic E-state index is 0.000381. The van der Waals surface area contributed by atoms with Crippen LogP contribution in [0.5, 0.6) is 0 Å². The molecule has 0 radical (unpaired) electrons. The molecule has 1 saturated carbocycles. The van der Waals surface area contributed by atoms with Crippen LogP contribution in [-0.4, -0.2) is 32.3 Å². The second kappa shape index (κ2) is 7.18. The fourth-order valence-electron chi connectivity index (χ4n) is 2.36. The Bertz CT molecular complexity index is 452. The van der Waals surface area contributed by atoms with Gasteiger partial charge in [0.05, 0.1) is 6.61 Å². The van der Waals surface area contributed by atoms with Gasteiger partial charge in [-0.1, -0.05) is 0 Å². The first-order chi connectivity index (χ1) is 10.0. The Labute approximate surface area is 125 Å². The van der Waals surface area contributed by atoms with E-state index in [0.717, 1.165) is 12.8 Å². The number of anilines is 1. The standard InChI is InChI=1S/C16H24F2N2O/c1-11(2)20(6-7-21-3)16-14(17)8-12(9-15(16)18)10-19-13-4-5-13/h8-9,11,13,19H,4-7,10H2,1-3H3. The van der Waals surface area contributed by atoms with Crippen LogP contribution in [0.1, 0.15) is 32.3 Å². The molecule has 2 rings (SSSR count). The van der Waals surface area contributed by atoms with E-state index < -0.39 is 11.6 Å². The molecule has 5 heteroatoms. The molecule has 21 heavy (non-hydrogen) atoms. The average Bonchev–Trinajstić information content (AvgIpc) is 3.23. The first-order valence-corrected chi connectivity index (χ1v) is 7.49. The van der Waals surface area contributed by atoms with Gasteiger partial charge in [0.25, 0.3) is 0 Å². The van der Waals surface area contributed by atoms with Crippen molar-refractivity contribution < 1.29 is 13.5 Å². The molecule has 0 unspecified atom stereocenters. The number of rotatable bonds is 8. The van der Waals surface area contributed by atoms with Gasteiger partial charge in [0.1, 0.15) is 17.3 Å². The molecule has 1 N–H and O–H groups in total. The van der Waals surface area contributed by atoms with E-state index in [9.17, 15) is 8.78 Å². The minimum atomic E-state index is -0.507. The highest BCUT2D eigenvalue weighted by atomic mass is 19.1. The highest BCUT2D eigenvalue weighted by Gasteiger charge is 2.22. The van der Waals surface area contributed by atoms with Crippen LogP contribution in [0.4, 0.5) is 14.5 Å². The number of methoxy groups -OCH3 is 1. The number of benzene rings is 1. The Hall–Kier alpha value is -1.20. The number of hydrogen-bond acceptors (Lipinski definition) is 3. The predicted octanol–water partition coefficient (Wildman–Crippen LogP) is 3.08. The van der Waals surface area contributed by atoms with Crippen LogP contribution in [0.25, 0.3) is 0 Å². The van der Waals surface area contributed by atoms with E-state index in [4.69, 9.17) is 4.74 Å². The maximum atomic E-state index is 14.3. The van der Waals surface area contributed by atoms with Gasteiger partial charge in [0, 0.05) is 32.3 Å². The van der Waals surface area contributed by atoms with Crippen molar-refractivity contribution in [3.05, 3.63) is 29.3 Å². The van der Waals surface area contributed by atoms with Gasteiger partial charge in [-0.25, -0.2) is 8.78 Å². The lowest BCUT2D eigenvalue weighted by molar-refractivity contribution is 0.203. The topological polar surface area (TPSA) is 24.5 Å². The number of nitrogens with zero attached hydrogens (tertiary/aromatic N) is 1. The minimum Gasteiger partial charge on any atom is -0.383 e. The van der Waals surface area contributed by atoms with E-state index in [-0.39, 0.29) is 11.7 Å². The van der Waals surface area contributed by atoms with Gasteiger partial charge in [-0.3, -0.25) is 0 Å². The van der Waals surface area contributed by atoms with E-state index in [0.29, 0.717) is 31.3 Å². The normalized spacial score (nSPS) is 14.8. The summed E-state index contributed by atoms with van der Waals surface area (Å²) in [5.74, 6) is -1.01. The summed E-state index contributed by atoms with van der Waals surface area (Å²) in [4.78, 5) is 1.70. The molecule has 0 aromatic heterocycles. The molecule has 118 valence electrons. The molecule has 1 fully saturated rings. The molecule has 1 aromatic carbocycles. The quantitative estimate of drug-likeness (QED) is 0.798. The summed E-state index contributed by atoms with van der Waals surface area (Å²) in [6.07, 6.45) is 2.31. The Morgan fingerprint density at radius 3 is 2.38 bits per heavy atom. The number of ether oxygens (including phenoxy) is 1. The summed E-state index contributed by atoms with van der Waals surface area (Å²) in [6, 6.07) is 3.37. The number of halogens is 2. The second-order valence-corrected chi connectivity index (χ2v) is 5.84. The first kappa shape index (κ1) is 16.2. The van der Waals surface area contributed by atoms with E-state index in [1.54, 1.807) is 12.0 Å². The second-order valence-electron chi connectivity index (χ2n) is 5.84. The molecule has 1 aliphatic rings. The number of hydrogen-bond donors (Lipinski definition) is 1. The molecule has 0 aliphatic heterocycles. The Kier molecular flexibility index (Phi) is 5.53. The smallest absolute Gasteiger partial charge is 0.149 e. The van der Waals surface area contributed by atoms with E-state index in [1.807, 2.05) is 13.8 Å². The average molecular weight is 298 g/mol. The number of nitrogens with one attached hydrogen (secondary N) is 1. The van der Waals surface area contributed by atoms with Crippen LogP contribution in [0.3, 0.4) is 0 Å². The molecular weight excluding hydrogens is 274 g/mol. The molecule has 3 nitrogen and oxygen atoms in total. The van der Waals surface area contributed by atoms with Gasteiger partial charge in [0.15, 0.2) is 0 Å². The monoisotopic (exact) mass is 298 g/mol. The molecular formula is C16H24F2N2O. The third-order valence-electron chi connectivity index (χ3n) is 3.70. The zero-order chi connectivity index (χ0) is 15.4. The summed E-state index contributed by atoms with van der Waals surface area (Å²) in [5.41, 5.74) is 0.688. The molecule has 0 heterocycles. The molecule has 0 amide bonds. The van der Waals surface area contributed by atoms with Crippen LogP contribution in [0, 0.1) is 11.6 Å². The Morgan fingerprint density at radius 2 is 1.90 bits per heavy atom. The van der Waals surface area contributed by atoms with Crippen LogP contribution in [0.15, 0.2) is 12.1 Å². The van der Waals surface area contributed by atoms with E-state index in [1.165, 1.54) is 12.1 Å². The lowest BCUT2D eigenvalue weighted by Crippen LogP contribution is -2.35. The van der Waals surface area contributed by atoms with Gasteiger partial charge in [-0.2, -0.15) is 0 Å². The van der Waals surface area contributed by atoms with Crippen LogP contribution >= 0.6 is 0 Å². The highest BCUT2D eigenvalue weighted by molar-refractivity contribution is 5.51. The molecule has 0 spiro atoms. The van der Waals surface area contributed by atoms with Crippen molar-refractivity contribution in [2.75, 3.05) is 25.2 Å². The van der Waals surface area contributed by atoms with Crippen molar-refractivity contribution >= 4 is 5.69 Å². The van der Waals surface area contributed by atoms with Crippen molar-refractivity contribution in [1.82, 2.24) is 5.32 Å². The maximum absolute atomic E-state index is 14.3. The lowest BCUT2D eigenvalue weighted by atomic mass is 10.1. The zero-order valence-corrected chi connectivity index (χ0v) is 13.0. The Balaban J connectivity index is 2.16. The molecule has 0 saturated heterocycles. The highest BCUT2D eigenvalue weighted by Crippen LogP contribution is 2.27. The summed E-state index contributed by atoms with van der Waals surface area (Å²) >= 11 is 0. The van der Waals surface area contributed by atoms with Crippen molar-refractivity contribution in [2.45, 2.75) is 45.3 Å². The van der Waals surface area contributed by atoms with Gasteiger partial charge >= 0.3 is 0 Å². The van der Waals surface area contributed by atoms with E-state index >= 15 is 0 Å². The van der Waals surface area contributed by atoms with Crippen molar-refractivity contribution in [2.24, 2.45) is 0 Å². The molecule has 0 atom stereocenters.